The average molecular weight is 344 g/mol. The third-order valence-corrected chi connectivity index (χ3v) is 3.79. The number of furan rings is 1. The minimum atomic E-state index is -0.137. The second kappa shape index (κ2) is 7.03. The van der Waals surface area contributed by atoms with Crippen LogP contribution < -0.4 is 5.32 Å². The van der Waals surface area contributed by atoms with Gasteiger partial charge in [-0.2, -0.15) is 0 Å². The quantitative estimate of drug-likeness (QED) is 0.767. The molecule has 124 valence electrons. The Kier molecular flexibility index (Phi) is 4.83. The summed E-state index contributed by atoms with van der Waals surface area (Å²) in [4.78, 5) is 18.6. The predicted molar refractivity (Wildman–Crippen MR) is 95.2 cm³/mol. The second-order valence-corrected chi connectivity index (χ2v) is 6.35. The van der Waals surface area contributed by atoms with Crippen LogP contribution in [0.15, 0.2) is 47.2 Å². The van der Waals surface area contributed by atoms with Crippen LogP contribution in [0.1, 0.15) is 11.1 Å². The van der Waals surface area contributed by atoms with E-state index in [0.29, 0.717) is 16.4 Å². The molecule has 6 heteroatoms. The molecule has 0 aliphatic heterocycles. The van der Waals surface area contributed by atoms with E-state index >= 15 is 0 Å². The fourth-order valence-corrected chi connectivity index (χ4v) is 2.72. The first-order chi connectivity index (χ1) is 11.5. The van der Waals surface area contributed by atoms with Gasteiger partial charge in [-0.1, -0.05) is 11.6 Å². The molecule has 0 saturated heterocycles. The summed E-state index contributed by atoms with van der Waals surface area (Å²) >= 11 is 5.94. The van der Waals surface area contributed by atoms with Crippen LogP contribution in [-0.2, 0) is 17.8 Å². The summed E-state index contributed by atoms with van der Waals surface area (Å²) in [6, 6.07) is 9.20. The van der Waals surface area contributed by atoms with Gasteiger partial charge in [0.2, 0.25) is 5.91 Å². The molecule has 2 heterocycles. The van der Waals surface area contributed by atoms with Gasteiger partial charge in [0.15, 0.2) is 0 Å². The standard InChI is InChI=1S/C18H18ClN3O2/c1-22(2)10-12-5-6-20-17(7-12)21-18(23)8-13-11-24-16-9-14(19)3-4-15(13)16/h3-7,9,11H,8,10H2,1-2H3,(H,20,21,23). The molecule has 24 heavy (non-hydrogen) atoms. The van der Waals surface area contributed by atoms with Crippen molar-refractivity contribution in [2.24, 2.45) is 0 Å². The van der Waals surface area contributed by atoms with E-state index in [1.54, 1.807) is 24.6 Å². The van der Waals surface area contributed by atoms with E-state index in [2.05, 4.69) is 15.2 Å². The van der Waals surface area contributed by atoms with Crippen LogP contribution in [0.2, 0.25) is 5.02 Å². The number of fused-ring (bicyclic) bond motifs is 1. The van der Waals surface area contributed by atoms with E-state index in [4.69, 9.17) is 16.0 Å². The molecule has 1 amide bonds. The van der Waals surface area contributed by atoms with E-state index in [0.717, 1.165) is 23.1 Å². The summed E-state index contributed by atoms with van der Waals surface area (Å²) in [7, 11) is 3.99. The van der Waals surface area contributed by atoms with Crippen LogP contribution in [0.3, 0.4) is 0 Å². The lowest BCUT2D eigenvalue weighted by Gasteiger charge is -2.10. The lowest BCUT2D eigenvalue weighted by Crippen LogP contribution is -2.16. The molecule has 1 aromatic carbocycles. The Morgan fingerprint density at radius 3 is 2.92 bits per heavy atom. The van der Waals surface area contributed by atoms with E-state index < -0.39 is 0 Å². The SMILES string of the molecule is CN(C)Cc1ccnc(NC(=O)Cc2coc3cc(Cl)ccc23)c1. The van der Waals surface area contributed by atoms with Crippen LogP contribution in [0.4, 0.5) is 5.82 Å². The topological polar surface area (TPSA) is 58.4 Å². The molecule has 0 fully saturated rings. The molecule has 0 atom stereocenters. The number of hydrogen-bond acceptors (Lipinski definition) is 4. The van der Waals surface area contributed by atoms with E-state index in [1.807, 2.05) is 32.3 Å². The highest BCUT2D eigenvalue weighted by Gasteiger charge is 2.11. The maximum absolute atomic E-state index is 12.3. The third kappa shape index (κ3) is 3.93. The number of halogens is 1. The molecule has 0 spiro atoms. The molecule has 0 aliphatic carbocycles. The number of hydrogen-bond donors (Lipinski definition) is 1. The summed E-state index contributed by atoms with van der Waals surface area (Å²) in [5.41, 5.74) is 2.59. The maximum Gasteiger partial charge on any atom is 0.230 e. The van der Waals surface area contributed by atoms with Crippen molar-refractivity contribution in [3.05, 3.63) is 58.9 Å². The van der Waals surface area contributed by atoms with Crippen molar-refractivity contribution < 1.29 is 9.21 Å². The summed E-state index contributed by atoms with van der Waals surface area (Å²) in [6.07, 6.45) is 3.51. The number of carbonyl (C=O) groups is 1. The fraction of sp³-hybridized carbons (Fsp3) is 0.222. The van der Waals surface area contributed by atoms with Gasteiger partial charge >= 0.3 is 0 Å². The van der Waals surface area contributed by atoms with E-state index in [9.17, 15) is 4.79 Å². The normalized spacial score (nSPS) is 11.2. The average Bonchev–Trinajstić information content (AvgIpc) is 2.88. The Hall–Kier alpha value is -2.37. The lowest BCUT2D eigenvalue weighted by molar-refractivity contribution is -0.115. The van der Waals surface area contributed by atoms with Gasteiger partial charge in [-0.25, -0.2) is 4.98 Å². The zero-order valence-corrected chi connectivity index (χ0v) is 14.3. The fourth-order valence-electron chi connectivity index (χ4n) is 2.56. The molecular formula is C18H18ClN3O2. The van der Waals surface area contributed by atoms with Gasteiger partial charge in [-0.05, 0) is 50.0 Å². The molecular weight excluding hydrogens is 326 g/mol. The van der Waals surface area contributed by atoms with Crippen LogP contribution in [0.25, 0.3) is 11.0 Å². The predicted octanol–water partition coefficient (Wildman–Crippen LogP) is 3.72. The molecule has 3 aromatic rings. The molecule has 0 radical (unpaired) electrons. The number of nitrogens with zero attached hydrogens (tertiary/aromatic N) is 2. The Bertz CT molecular complexity index is 874. The van der Waals surface area contributed by atoms with Crippen molar-refractivity contribution in [2.45, 2.75) is 13.0 Å². The Balaban J connectivity index is 1.71. The van der Waals surface area contributed by atoms with Gasteiger partial charge in [0, 0.05) is 28.7 Å². The first-order valence-corrected chi connectivity index (χ1v) is 7.94. The van der Waals surface area contributed by atoms with Gasteiger partial charge in [0.25, 0.3) is 0 Å². The number of amides is 1. The molecule has 0 aliphatic rings. The smallest absolute Gasteiger partial charge is 0.230 e. The third-order valence-electron chi connectivity index (χ3n) is 3.56. The van der Waals surface area contributed by atoms with Crippen LogP contribution in [0, 0.1) is 0 Å². The summed E-state index contributed by atoms with van der Waals surface area (Å²) in [6.45, 7) is 0.790. The summed E-state index contributed by atoms with van der Waals surface area (Å²) < 4.78 is 5.46. The molecule has 1 N–H and O–H groups in total. The molecule has 2 aromatic heterocycles. The van der Waals surface area contributed by atoms with Crippen LogP contribution in [0.5, 0.6) is 0 Å². The number of anilines is 1. The van der Waals surface area contributed by atoms with Crippen molar-refractivity contribution in [1.29, 1.82) is 0 Å². The number of nitrogens with one attached hydrogen (secondary N) is 1. The van der Waals surface area contributed by atoms with Gasteiger partial charge in [0.05, 0.1) is 12.7 Å². The summed E-state index contributed by atoms with van der Waals surface area (Å²) in [5.74, 6) is 0.414. The first-order valence-electron chi connectivity index (χ1n) is 7.56. The largest absolute Gasteiger partial charge is 0.464 e. The van der Waals surface area contributed by atoms with Gasteiger partial charge < -0.3 is 14.6 Å². The Morgan fingerprint density at radius 2 is 2.12 bits per heavy atom. The second-order valence-electron chi connectivity index (χ2n) is 5.91. The molecule has 0 unspecified atom stereocenters. The van der Waals surface area contributed by atoms with E-state index in [-0.39, 0.29) is 12.3 Å². The van der Waals surface area contributed by atoms with Crippen LogP contribution in [-0.4, -0.2) is 29.9 Å². The first kappa shape index (κ1) is 16.5. The molecule has 0 saturated carbocycles. The van der Waals surface area contributed by atoms with Crippen molar-refractivity contribution in [3.8, 4) is 0 Å². The van der Waals surface area contributed by atoms with Crippen molar-refractivity contribution in [3.63, 3.8) is 0 Å². The number of rotatable bonds is 5. The summed E-state index contributed by atoms with van der Waals surface area (Å²) in [5, 5.41) is 4.33. The number of carbonyl (C=O) groups excluding carboxylic acids is 1. The van der Waals surface area contributed by atoms with E-state index in [1.165, 1.54) is 0 Å². The van der Waals surface area contributed by atoms with Crippen molar-refractivity contribution in [2.75, 3.05) is 19.4 Å². The highest BCUT2D eigenvalue weighted by Crippen LogP contribution is 2.25. The molecule has 3 rings (SSSR count). The van der Waals surface area contributed by atoms with Gasteiger partial charge in [0.1, 0.15) is 11.4 Å². The monoisotopic (exact) mass is 343 g/mol. The lowest BCUT2D eigenvalue weighted by atomic mass is 10.1. The minimum absolute atomic E-state index is 0.137. The zero-order chi connectivity index (χ0) is 17.1. The number of benzene rings is 1. The zero-order valence-electron chi connectivity index (χ0n) is 13.5. The number of aromatic nitrogens is 1. The van der Waals surface area contributed by atoms with Gasteiger partial charge in [-0.15, -0.1) is 0 Å². The number of pyridine rings is 1. The minimum Gasteiger partial charge on any atom is -0.464 e. The highest BCUT2D eigenvalue weighted by atomic mass is 35.5. The highest BCUT2D eigenvalue weighted by molar-refractivity contribution is 6.31. The van der Waals surface area contributed by atoms with Crippen molar-refractivity contribution >= 4 is 34.3 Å². The van der Waals surface area contributed by atoms with Gasteiger partial charge in [-0.3, -0.25) is 4.79 Å². The molecule has 5 nitrogen and oxygen atoms in total. The van der Waals surface area contributed by atoms with Crippen LogP contribution >= 0.6 is 11.6 Å². The Morgan fingerprint density at radius 1 is 1.29 bits per heavy atom. The molecule has 0 bridgehead atoms. The van der Waals surface area contributed by atoms with Crippen molar-refractivity contribution in [1.82, 2.24) is 9.88 Å². The maximum atomic E-state index is 12.3. The Labute approximate surface area is 145 Å².